The molecule has 140 valence electrons. The number of rotatable bonds is 7. The van der Waals surface area contributed by atoms with Gasteiger partial charge in [0, 0.05) is 24.7 Å². The molecule has 1 aromatic carbocycles. The fourth-order valence-electron chi connectivity index (χ4n) is 2.83. The Morgan fingerprint density at radius 1 is 1.32 bits per heavy atom. The van der Waals surface area contributed by atoms with E-state index in [-0.39, 0.29) is 6.09 Å². The lowest BCUT2D eigenvalue weighted by Crippen LogP contribution is -2.36. The highest BCUT2D eigenvalue weighted by atomic mass is 35.5. The number of carbonyl (C=O) groups is 1. The molecule has 0 aliphatic carbocycles. The number of halogens is 1. The SMILES string of the molecule is CC(C)(C)OC(=O)NCC1CCN(CCCOc2ccc(Cl)cc2)C1. The van der Waals surface area contributed by atoms with Crippen molar-refractivity contribution in [1.82, 2.24) is 10.2 Å². The van der Waals surface area contributed by atoms with E-state index in [2.05, 4.69) is 10.2 Å². The molecule has 1 amide bonds. The summed E-state index contributed by atoms with van der Waals surface area (Å²) in [7, 11) is 0. The van der Waals surface area contributed by atoms with E-state index in [0.717, 1.165) is 43.2 Å². The normalized spacial score (nSPS) is 18.2. The van der Waals surface area contributed by atoms with Crippen LogP contribution in [0.15, 0.2) is 24.3 Å². The predicted molar refractivity (Wildman–Crippen MR) is 100 cm³/mol. The number of carbonyl (C=O) groups excluding carboxylic acids is 1. The van der Waals surface area contributed by atoms with Crippen molar-refractivity contribution in [2.75, 3.05) is 32.8 Å². The Hall–Kier alpha value is -1.46. The Morgan fingerprint density at radius 2 is 2.04 bits per heavy atom. The highest BCUT2D eigenvalue weighted by molar-refractivity contribution is 6.30. The van der Waals surface area contributed by atoms with E-state index >= 15 is 0 Å². The van der Waals surface area contributed by atoms with E-state index in [0.29, 0.717) is 19.1 Å². The van der Waals surface area contributed by atoms with Crippen molar-refractivity contribution in [3.05, 3.63) is 29.3 Å². The van der Waals surface area contributed by atoms with Gasteiger partial charge in [0.1, 0.15) is 11.4 Å². The zero-order valence-corrected chi connectivity index (χ0v) is 16.1. The lowest BCUT2D eigenvalue weighted by molar-refractivity contribution is 0.0519. The third kappa shape index (κ3) is 7.97. The number of hydrogen-bond donors (Lipinski definition) is 1. The summed E-state index contributed by atoms with van der Waals surface area (Å²) in [6, 6.07) is 7.44. The predicted octanol–water partition coefficient (Wildman–Crippen LogP) is 3.96. The fourth-order valence-corrected chi connectivity index (χ4v) is 2.96. The largest absolute Gasteiger partial charge is 0.494 e. The average molecular weight is 369 g/mol. The van der Waals surface area contributed by atoms with Gasteiger partial charge in [-0.2, -0.15) is 0 Å². The molecule has 1 unspecified atom stereocenters. The van der Waals surface area contributed by atoms with Crippen LogP contribution in [0.25, 0.3) is 0 Å². The van der Waals surface area contributed by atoms with Gasteiger partial charge >= 0.3 is 6.09 Å². The van der Waals surface area contributed by atoms with Crippen LogP contribution in [0, 0.1) is 5.92 Å². The summed E-state index contributed by atoms with van der Waals surface area (Å²) in [4.78, 5) is 14.1. The van der Waals surface area contributed by atoms with Gasteiger partial charge in [0.05, 0.1) is 6.61 Å². The third-order valence-corrected chi connectivity index (χ3v) is 4.26. The zero-order chi connectivity index (χ0) is 18.3. The molecule has 0 aromatic heterocycles. The molecule has 6 heteroatoms. The molecule has 0 saturated carbocycles. The summed E-state index contributed by atoms with van der Waals surface area (Å²) in [5.74, 6) is 1.34. The molecule has 25 heavy (non-hydrogen) atoms. The van der Waals surface area contributed by atoms with E-state index in [1.54, 1.807) is 0 Å². The maximum atomic E-state index is 11.7. The van der Waals surface area contributed by atoms with Crippen molar-refractivity contribution in [2.45, 2.75) is 39.2 Å². The Morgan fingerprint density at radius 3 is 2.72 bits per heavy atom. The van der Waals surface area contributed by atoms with Crippen LogP contribution in [0.5, 0.6) is 5.75 Å². The number of nitrogens with zero attached hydrogens (tertiary/aromatic N) is 1. The van der Waals surface area contributed by atoms with Crippen LogP contribution >= 0.6 is 11.6 Å². The Balaban J connectivity index is 1.56. The van der Waals surface area contributed by atoms with Gasteiger partial charge in [0.15, 0.2) is 0 Å². The van der Waals surface area contributed by atoms with E-state index in [9.17, 15) is 4.79 Å². The summed E-state index contributed by atoms with van der Waals surface area (Å²) in [6.45, 7) is 10.1. The minimum Gasteiger partial charge on any atom is -0.494 e. The van der Waals surface area contributed by atoms with Gasteiger partial charge in [-0.1, -0.05) is 11.6 Å². The van der Waals surface area contributed by atoms with E-state index in [4.69, 9.17) is 21.1 Å². The molecule has 0 radical (unpaired) electrons. The minimum absolute atomic E-state index is 0.331. The molecule has 5 nitrogen and oxygen atoms in total. The second kappa shape index (κ2) is 9.30. The van der Waals surface area contributed by atoms with Gasteiger partial charge in [-0.05, 0) is 70.3 Å². The summed E-state index contributed by atoms with van der Waals surface area (Å²) in [6.07, 6.45) is 1.75. The molecule has 1 heterocycles. The average Bonchev–Trinajstić information content (AvgIpc) is 2.98. The molecule has 0 spiro atoms. The molecule has 1 atom stereocenters. The second-order valence-electron chi connectivity index (χ2n) is 7.49. The maximum absolute atomic E-state index is 11.7. The highest BCUT2D eigenvalue weighted by Gasteiger charge is 2.23. The smallest absolute Gasteiger partial charge is 0.407 e. The van der Waals surface area contributed by atoms with Crippen molar-refractivity contribution < 1.29 is 14.3 Å². The molecule has 1 saturated heterocycles. The van der Waals surface area contributed by atoms with Crippen LogP contribution in [0.1, 0.15) is 33.6 Å². The molecular weight excluding hydrogens is 340 g/mol. The number of amides is 1. The summed E-state index contributed by atoms with van der Waals surface area (Å²) in [5.41, 5.74) is -0.449. The van der Waals surface area contributed by atoms with Gasteiger partial charge < -0.3 is 19.7 Å². The lowest BCUT2D eigenvalue weighted by Gasteiger charge is -2.21. The van der Waals surface area contributed by atoms with Crippen molar-refractivity contribution in [2.24, 2.45) is 5.92 Å². The van der Waals surface area contributed by atoms with E-state index in [1.165, 1.54) is 0 Å². The first-order chi connectivity index (χ1) is 11.8. The fraction of sp³-hybridized carbons (Fsp3) is 0.632. The molecule has 1 aromatic rings. The van der Waals surface area contributed by atoms with Crippen LogP contribution < -0.4 is 10.1 Å². The quantitative estimate of drug-likeness (QED) is 0.740. The third-order valence-electron chi connectivity index (χ3n) is 4.00. The lowest BCUT2D eigenvalue weighted by atomic mass is 10.1. The summed E-state index contributed by atoms with van der Waals surface area (Å²) < 4.78 is 11.0. The van der Waals surface area contributed by atoms with Crippen LogP contribution in [-0.2, 0) is 4.74 Å². The molecule has 0 bridgehead atoms. The van der Waals surface area contributed by atoms with Crippen molar-refractivity contribution in [1.29, 1.82) is 0 Å². The van der Waals surface area contributed by atoms with Gasteiger partial charge in [-0.15, -0.1) is 0 Å². The highest BCUT2D eigenvalue weighted by Crippen LogP contribution is 2.17. The summed E-state index contributed by atoms with van der Waals surface area (Å²) >= 11 is 5.85. The molecule has 1 aliphatic heterocycles. The minimum atomic E-state index is -0.449. The van der Waals surface area contributed by atoms with Crippen molar-refractivity contribution >= 4 is 17.7 Å². The van der Waals surface area contributed by atoms with Gasteiger partial charge in [0.2, 0.25) is 0 Å². The molecule has 1 aliphatic rings. The molecule has 1 fully saturated rings. The molecular formula is C19H29ClN2O3. The molecule has 1 N–H and O–H groups in total. The van der Waals surface area contributed by atoms with Gasteiger partial charge in [-0.3, -0.25) is 0 Å². The van der Waals surface area contributed by atoms with Gasteiger partial charge in [-0.25, -0.2) is 4.79 Å². The molecule has 2 rings (SSSR count). The topological polar surface area (TPSA) is 50.8 Å². The first-order valence-electron chi connectivity index (χ1n) is 8.89. The van der Waals surface area contributed by atoms with E-state index in [1.807, 2.05) is 45.0 Å². The Kier molecular flexibility index (Phi) is 7.38. The number of nitrogens with one attached hydrogen (secondary N) is 1. The monoisotopic (exact) mass is 368 g/mol. The number of benzene rings is 1. The van der Waals surface area contributed by atoms with Crippen LogP contribution in [0.4, 0.5) is 4.79 Å². The number of alkyl carbamates (subject to hydrolysis) is 1. The summed E-state index contributed by atoms with van der Waals surface area (Å²) in [5, 5.41) is 3.59. The Labute approximate surface area is 155 Å². The first kappa shape index (κ1) is 19.9. The van der Waals surface area contributed by atoms with Crippen LogP contribution in [0.3, 0.4) is 0 Å². The Bertz CT molecular complexity index is 543. The van der Waals surface area contributed by atoms with Gasteiger partial charge in [0.25, 0.3) is 0 Å². The number of hydrogen-bond acceptors (Lipinski definition) is 4. The van der Waals surface area contributed by atoms with E-state index < -0.39 is 5.60 Å². The number of likely N-dealkylation sites (tertiary alicyclic amines) is 1. The maximum Gasteiger partial charge on any atom is 0.407 e. The standard InChI is InChI=1S/C19H29ClN2O3/c1-19(2,3)25-18(23)21-13-15-9-11-22(14-15)10-4-12-24-17-7-5-16(20)6-8-17/h5-8,15H,4,9-14H2,1-3H3,(H,21,23). The van der Waals surface area contributed by atoms with Crippen molar-refractivity contribution in [3.8, 4) is 5.75 Å². The van der Waals surface area contributed by atoms with Crippen molar-refractivity contribution in [3.63, 3.8) is 0 Å². The first-order valence-corrected chi connectivity index (χ1v) is 9.27. The second-order valence-corrected chi connectivity index (χ2v) is 7.93. The van der Waals surface area contributed by atoms with Crippen LogP contribution in [-0.4, -0.2) is 49.4 Å². The number of ether oxygens (including phenoxy) is 2. The zero-order valence-electron chi connectivity index (χ0n) is 15.4. The van der Waals surface area contributed by atoms with Crippen LogP contribution in [0.2, 0.25) is 5.02 Å².